The van der Waals surface area contributed by atoms with Crippen LogP contribution in [0, 0.1) is 0 Å². The van der Waals surface area contributed by atoms with Gasteiger partial charge in [-0.2, -0.15) is 0 Å². The highest BCUT2D eigenvalue weighted by Gasteiger charge is 2.29. The van der Waals surface area contributed by atoms with E-state index in [0.29, 0.717) is 28.7 Å². The normalized spacial score (nSPS) is 19.6. The lowest BCUT2D eigenvalue weighted by molar-refractivity contribution is -0.122. The van der Waals surface area contributed by atoms with Crippen LogP contribution in [0.25, 0.3) is 5.65 Å². The molecule has 0 aromatic carbocycles. The SMILES string of the molecule is CN(CC(=O)NC1CCS(=O)(=O)C1)Cc1cn2cc(Cl)cc(Cl)c2n1. The van der Waals surface area contributed by atoms with Crippen molar-refractivity contribution in [1.29, 1.82) is 0 Å². The summed E-state index contributed by atoms with van der Waals surface area (Å²) in [6, 6.07) is 1.34. The van der Waals surface area contributed by atoms with Crippen LogP contribution in [0.3, 0.4) is 0 Å². The molecule has 0 radical (unpaired) electrons. The van der Waals surface area contributed by atoms with Crippen LogP contribution in [-0.4, -0.2) is 59.7 Å². The van der Waals surface area contributed by atoms with E-state index in [1.807, 2.05) is 6.20 Å². The molecule has 1 aliphatic heterocycles. The molecule has 0 aliphatic carbocycles. The van der Waals surface area contributed by atoms with Crippen molar-refractivity contribution in [1.82, 2.24) is 19.6 Å². The van der Waals surface area contributed by atoms with Gasteiger partial charge >= 0.3 is 0 Å². The van der Waals surface area contributed by atoms with Crippen LogP contribution in [0.15, 0.2) is 18.5 Å². The number of hydrogen-bond acceptors (Lipinski definition) is 5. The van der Waals surface area contributed by atoms with E-state index in [1.165, 1.54) is 0 Å². The summed E-state index contributed by atoms with van der Waals surface area (Å²) < 4.78 is 24.6. The number of hydrogen-bond donors (Lipinski definition) is 1. The maximum Gasteiger partial charge on any atom is 0.234 e. The molecule has 1 amide bonds. The first-order valence-electron chi connectivity index (χ1n) is 7.73. The Morgan fingerprint density at radius 1 is 1.44 bits per heavy atom. The molecule has 0 bridgehead atoms. The second-order valence-electron chi connectivity index (χ2n) is 6.31. The quantitative estimate of drug-likeness (QED) is 0.813. The number of sulfone groups is 1. The van der Waals surface area contributed by atoms with E-state index in [2.05, 4.69) is 10.3 Å². The molecule has 1 saturated heterocycles. The van der Waals surface area contributed by atoms with Crippen molar-refractivity contribution >= 4 is 44.6 Å². The number of rotatable bonds is 5. The Morgan fingerprint density at radius 2 is 2.20 bits per heavy atom. The second kappa shape index (κ2) is 7.11. The summed E-state index contributed by atoms with van der Waals surface area (Å²) in [7, 11) is -1.21. The average Bonchev–Trinajstić information content (AvgIpc) is 3.01. The Hall–Kier alpha value is -1.35. The summed E-state index contributed by atoms with van der Waals surface area (Å²) in [6.07, 6.45) is 4.00. The fourth-order valence-electron chi connectivity index (χ4n) is 2.91. The van der Waals surface area contributed by atoms with Gasteiger partial charge in [-0.15, -0.1) is 0 Å². The summed E-state index contributed by atoms with van der Waals surface area (Å²) in [5, 5.41) is 3.74. The molecule has 0 spiro atoms. The molecule has 1 unspecified atom stereocenters. The van der Waals surface area contributed by atoms with Gasteiger partial charge < -0.3 is 9.72 Å². The lowest BCUT2D eigenvalue weighted by Gasteiger charge is -2.17. The number of imidazole rings is 1. The highest BCUT2D eigenvalue weighted by Crippen LogP contribution is 2.22. The minimum atomic E-state index is -3.00. The molecule has 2 aromatic heterocycles. The highest BCUT2D eigenvalue weighted by molar-refractivity contribution is 7.91. The topological polar surface area (TPSA) is 83.8 Å². The molecular weight excluding hydrogens is 387 g/mol. The van der Waals surface area contributed by atoms with Gasteiger partial charge in [0.2, 0.25) is 5.91 Å². The fourth-order valence-corrected chi connectivity index (χ4v) is 5.11. The number of amides is 1. The van der Waals surface area contributed by atoms with Crippen LogP contribution in [0.5, 0.6) is 0 Å². The molecule has 25 heavy (non-hydrogen) atoms. The lowest BCUT2D eigenvalue weighted by atomic mass is 10.2. The minimum Gasteiger partial charge on any atom is -0.351 e. The third-order valence-electron chi connectivity index (χ3n) is 3.97. The van der Waals surface area contributed by atoms with E-state index in [4.69, 9.17) is 23.2 Å². The minimum absolute atomic E-state index is 0.0220. The molecule has 1 aliphatic rings. The first-order chi connectivity index (χ1) is 11.7. The smallest absolute Gasteiger partial charge is 0.234 e. The Labute approximate surface area is 155 Å². The Kier molecular flexibility index (Phi) is 5.24. The van der Waals surface area contributed by atoms with Crippen molar-refractivity contribution in [2.45, 2.75) is 19.0 Å². The van der Waals surface area contributed by atoms with Crippen LogP contribution in [0.1, 0.15) is 12.1 Å². The summed E-state index contributed by atoms with van der Waals surface area (Å²) in [4.78, 5) is 18.3. The second-order valence-corrected chi connectivity index (χ2v) is 9.38. The van der Waals surface area contributed by atoms with Gasteiger partial charge in [0.1, 0.15) is 0 Å². The number of carbonyl (C=O) groups is 1. The van der Waals surface area contributed by atoms with Gasteiger partial charge in [-0.05, 0) is 19.5 Å². The highest BCUT2D eigenvalue weighted by atomic mass is 35.5. The van der Waals surface area contributed by atoms with Crippen LogP contribution in [0.2, 0.25) is 10.0 Å². The van der Waals surface area contributed by atoms with Crippen molar-refractivity contribution in [3.63, 3.8) is 0 Å². The Balaban J connectivity index is 1.58. The van der Waals surface area contributed by atoms with Gasteiger partial charge in [-0.25, -0.2) is 13.4 Å². The zero-order valence-corrected chi connectivity index (χ0v) is 15.9. The molecule has 2 aromatic rings. The zero-order chi connectivity index (χ0) is 18.2. The predicted molar refractivity (Wildman–Crippen MR) is 96.7 cm³/mol. The maximum atomic E-state index is 12.1. The molecule has 1 atom stereocenters. The van der Waals surface area contributed by atoms with Crippen LogP contribution < -0.4 is 5.32 Å². The number of aromatic nitrogens is 2. The van der Waals surface area contributed by atoms with Gasteiger partial charge in [0.25, 0.3) is 0 Å². The van der Waals surface area contributed by atoms with E-state index in [0.717, 1.165) is 5.69 Å². The number of nitrogens with zero attached hydrogens (tertiary/aromatic N) is 3. The third kappa shape index (κ3) is 4.63. The van der Waals surface area contributed by atoms with Crippen LogP contribution in [0.4, 0.5) is 0 Å². The zero-order valence-electron chi connectivity index (χ0n) is 13.6. The number of pyridine rings is 1. The van der Waals surface area contributed by atoms with E-state index >= 15 is 0 Å². The largest absolute Gasteiger partial charge is 0.351 e. The number of fused-ring (bicyclic) bond motifs is 1. The lowest BCUT2D eigenvalue weighted by Crippen LogP contribution is -2.41. The van der Waals surface area contributed by atoms with Crippen molar-refractivity contribution in [3.8, 4) is 0 Å². The van der Waals surface area contributed by atoms with Gasteiger partial charge in [0.15, 0.2) is 15.5 Å². The third-order valence-corrected chi connectivity index (χ3v) is 6.22. The fraction of sp³-hybridized carbons (Fsp3) is 0.467. The molecule has 7 nitrogen and oxygen atoms in total. The molecule has 136 valence electrons. The maximum absolute atomic E-state index is 12.1. The first-order valence-corrected chi connectivity index (χ1v) is 10.3. The van der Waals surface area contributed by atoms with E-state index in [9.17, 15) is 13.2 Å². The first kappa shape index (κ1) is 18.4. The Morgan fingerprint density at radius 3 is 2.88 bits per heavy atom. The average molecular weight is 405 g/mol. The van der Waals surface area contributed by atoms with E-state index in [1.54, 1.807) is 28.6 Å². The summed E-state index contributed by atoms with van der Waals surface area (Å²) in [5.74, 6) is -0.0404. The standard InChI is InChI=1S/C15H18Cl2N4O3S/c1-20(8-14(22)18-11-2-3-25(23,24)9-11)6-12-7-21-5-10(16)4-13(17)15(21)19-12/h4-5,7,11H,2-3,6,8-9H2,1H3,(H,18,22). The molecule has 10 heteroatoms. The predicted octanol–water partition coefficient (Wildman–Crippen LogP) is 1.38. The van der Waals surface area contributed by atoms with Gasteiger partial charge in [-0.3, -0.25) is 9.69 Å². The van der Waals surface area contributed by atoms with Gasteiger partial charge in [-0.1, -0.05) is 23.2 Å². The molecule has 1 N–H and O–H groups in total. The van der Waals surface area contributed by atoms with Gasteiger partial charge in [0, 0.05) is 25.0 Å². The number of halogens is 2. The van der Waals surface area contributed by atoms with Crippen LogP contribution in [-0.2, 0) is 21.2 Å². The molecule has 1 fully saturated rings. The van der Waals surface area contributed by atoms with E-state index < -0.39 is 9.84 Å². The van der Waals surface area contributed by atoms with Gasteiger partial charge in [0.05, 0.1) is 33.8 Å². The number of likely N-dealkylation sites (N-methyl/N-ethyl adjacent to an activating group) is 1. The van der Waals surface area contributed by atoms with Crippen LogP contribution >= 0.6 is 23.2 Å². The van der Waals surface area contributed by atoms with Crippen molar-refractivity contribution in [3.05, 3.63) is 34.2 Å². The van der Waals surface area contributed by atoms with Crippen molar-refractivity contribution in [2.24, 2.45) is 0 Å². The number of nitrogens with one attached hydrogen (secondary N) is 1. The van der Waals surface area contributed by atoms with Crippen molar-refractivity contribution < 1.29 is 13.2 Å². The summed E-state index contributed by atoms with van der Waals surface area (Å²) in [6.45, 7) is 0.602. The summed E-state index contributed by atoms with van der Waals surface area (Å²) >= 11 is 12.1. The monoisotopic (exact) mass is 404 g/mol. The number of carbonyl (C=O) groups excluding carboxylic acids is 1. The van der Waals surface area contributed by atoms with Crippen molar-refractivity contribution in [2.75, 3.05) is 25.1 Å². The molecular formula is C15H18Cl2N4O3S. The summed E-state index contributed by atoms with van der Waals surface area (Å²) in [5.41, 5.74) is 1.36. The van der Waals surface area contributed by atoms with E-state index in [-0.39, 0.29) is 30.0 Å². The molecule has 3 rings (SSSR count). The molecule has 0 saturated carbocycles. The molecule has 3 heterocycles. The Bertz CT molecular complexity index is 913.